The fourth-order valence-electron chi connectivity index (χ4n) is 6.81. The van der Waals surface area contributed by atoms with Crippen LogP contribution < -0.4 is 18.7 Å². The molecule has 0 bridgehead atoms. The molecule has 10 nitrogen and oxygen atoms in total. The first-order valence-electron chi connectivity index (χ1n) is 15.2. The maximum atomic E-state index is 14.3. The number of hydrogen-bond acceptors (Lipinski definition) is 9. The summed E-state index contributed by atoms with van der Waals surface area (Å²) < 4.78 is 41.7. The van der Waals surface area contributed by atoms with Gasteiger partial charge in [0.15, 0.2) is 0 Å². The molecule has 3 aromatic rings. The van der Waals surface area contributed by atoms with Crippen LogP contribution in [-0.2, 0) is 16.4 Å². The van der Waals surface area contributed by atoms with E-state index in [9.17, 15) is 8.42 Å². The molecule has 11 heteroatoms. The van der Waals surface area contributed by atoms with E-state index in [1.165, 1.54) is 17.1 Å². The molecule has 0 amide bonds. The summed E-state index contributed by atoms with van der Waals surface area (Å²) in [4.78, 5) is 16.8. The number of hydrogen-bond donors (Lipinski definition) is 0. The summed E-state index contributed by atoms with van der Waals surface area (Å²) in [6, 6.07) is 13.2. The van der Waals surface area contributed by atoms with Gasteiger partial charge in [-0.05, 0) is 88.1 Å². The number of fused-ring (bicyclic) bond motifs is 1. The molecule has 3 aliphatic rings. The predicted octanol–water partition coefficient (Wildman–Crippen LogP) is 3.52. The number of nitrogens with zero attached hydrogens (tertiary/aromatic N) is 6. The summed E-state index contributed by atoms with van der Waals surface area (Å²) >= 11 is 0. The molecule has 0 unspecified atom stereocenters. The third-order valence-electron chi connectivity index (χ3n) is 9.05. The van der Waals surface area contributed by atoms with Gasteiger partial charge in [0.1, 0.15) is 12.4 Å². The normalized spacial score (nSPS) is 20.3. The molecule has 3 aliphatic heterocycles. The number of piperidine rings is 1. The Kier molecular flexibility index (Phi) is 8.48. The monoisotopic (exact) mass is 606 g/mol. The van der Waals surface area contributed by atoms with Crippen molar-refractivity contribution in [2.45, 2.75) is 50.1 Å². The lowest BCUT2D eigenvalue weighted by atomic mass is 10.0. The average Bonchev–Trinajstić information content (AvgIpc) is 3.39. The number of rotatable bonds is 8. The van der Waals surface area contributed by atoms with Crippen LogP contribution in [0.5, 0.6) is 11.6 Å². The van der Waals surface area contributed by atoms with Crippen LogP contribution in [0.3, 0.4) is 0 Å². The molecule has 1 aromatic heterocycles. The van der Waals surface area contributed by atoms with Gasteiger partial charge < -0.3 is 19.3 Å². The number of ether oxygens (including phenoxy) is 2. The summed E-state index contributed by atoms with van der Waals surface area (Å²) in [6.45, 7) is 9.87. The Hall–Kier alpha value is -3.41. The van der Waals surface area contributed by atoms with Crippen LogP contribution in [0, 0.1) is 13.8 Å². The molecule has 0 N–H and O–H groups in total. The molecule has 0 saturated carbocycles. The lowest BCUT2D eigenvalue weighted by Gasteiger charge is -2.42. The van der Waals surface area contributed by atoms with Crippen LogP contribution in [0.4, 0.5) is 11.6 Å². The Bertz CT molecular complexity index is 1530. The van der Waals surface area contributed by atoms with Crippen LogP contribution >= 0.6 is 0 Å². The quantitative estimate of drug-likeness (QED) is 0.382. The maximum absolute atomic E-state index is 14.3. The van der Waals surface area contributed by atoms with E-state index in [2.05, 4.69) is 26.7 Å². The van der Waals surface area contributed by atoms with Gasteiger partial charge in [0.05, 0.1) is 23.7 Å². The number of benzene rings is 2. The van der Waals surface area contributed by atoms with Crippen LogP contribution in [-0.4, -0.2) is 100 Å². The van der Waals surface area contributed by atoms with Gasteiger partial charge in [-0.15, -0.1) is 0 Å². The predicted molar refractivity (Wildman–Crippen MR) is 168 cm³/mol. The highest BCUT2D eigenvalue weighted by atomic mass is 32.2. The molecule has 4 heterocycles. The van der Waals surface area contributed by atoms with Gasteiger partial charge in [-0.3, -0.25) is 9.21 Å². The summed E-state index contributed by atoms with van der Waals surface area (Å²) in [5.74, 6) is 1.75. The molecule has 230 valence electrons. The first kappa shape index (κ1) is 29.7. The minimum absolute atomic E-state index is 0.169. The van der Waals surface area contributed by atoms with Gasteiger partial charge in [0, 0.05) is 44.5 Å². The maximum Gasteiger partial charge on any atom is 0.265 e. The van der Waals surface area contributed by atoms with Gasteiger partial charge >= 0.3 is 0 Å². The Balaban J connectivity index is 1.16. The van der Waals surface area contributed by atoms with Crippen molar-refractivity contribution in [1.29, 1.82) is 0 Å². The molecule has 2 fully saturated rings. The smallest absolute Gasteiger partial charge is 0.265 e. The van der Waals surface area contributed by atoms with E-state index in [4.69, 9.17) is 14.5 Å². The van der Waals surface area contributed by atoms with Crippen molar-refractivity contribution in [2.24, 2.45) is 0 Å². The van der Waals surface area contributed by atoms with Crippen LogP contribution in [0.2, 0.25) is 0 Å². The lowest BCUT2D eigenvalue weighted by molar-refractivity contribution is 0.115. The highest BCUT2D eigenvalue weighted by molar-refractivity contribution is 7.93. The van der Waals surface area contributed by atoms with Crippen molar-refractivity contribution in [2.75, 3.05) is 69.2 Å². The number of methoxy groups -OCH3 is 1. The van der Waals surface area contributed by atoms with E-state index in [0.29, 0.717) is 51.8 Å². The number of anilines is 2. The Morgan fingerprint density at radius 2 is 1.65 bits per heavy atom. The largest absolute Gasteiger partial charge is 0.497 e. The Labute approximate surface area is 255 Å². The highest BCUT2D eigenvalue weighted by Gasteiger charge is 2.40. The molecule has 0 spiro atoms. The zero-order chi connectivity index (χ0) is 30.1. The fourth-order valence-corrected chi connectivity index (χ4v) is 8.91. The number of sulfonamides is 1. The van der Waals surface area contributed by atoms with Gasteiger partial charge in [-0.1, -0.05) is 18.2 Å². The summed E-state index contributed by atoms with van der Waals surface area (Å²) in [5.41, 5.74) is 2.97. The first-order valence-corrected chi connectivity index (χ1v) is 16.6. The van der Waals surface area contributed by atoms with E-state index in [1.54, 1.807) is 31.5 Å². The van der Waals surface area contributed by atoms with Crippen molar-refractivity contribution < 1.29 is 17.9 Å². The van der Waals surface area contributed by atoms with E-state index >= 15 is 0 Å². The second-order valence-electron chi connectivity index (χ2n) is 11.9. The first-order chi connectivity index (χ1) is 20.7. The molecule has 6 rings (SSSR count). The molecule has 0 aliphatic carbocycles. The molecular weight excluding hydrogens is 564 g/mol. The minimum Gasteiger partial charge on any atom is -0.497 e. The van der Waals surface area contributed by atoms with Crippen LogP contribution in [0.1, 0.15) is 29.5 Å². The van der Waals surface area contributed by atoms with Crippen molar-refractivity contribution in [3.63, 3.8) is 0 Å². The molecule has 43 heavy (non-hydrogen) atoms. The standard InChI is InChI=1S/C32H42N6O4S/c1-23-19-28(41-4)20-24(2)31(23)43(39,40)38-27(21-25-7-5-6-8-29(25)38)22-42-30-9-12-33-32(34-30)37-17-15-36(16-18-37)26-10-13-35(3)14-11-26/h5-9,12,19-20,26-27H,10-11,13-18,21-22H2,1-4H3/t27-/m0/s1. The van der Waals surface area contributed by atoms with E-state index < -0.39 is 16.1 Å². The molecule has 2 aromatic carbocycles. The lowest BCUT2D eigenvalue weighted by Crippen LogP contribution is -2.53. The Morgan fingerprint density at radius 1 is 0.953 bits per heavy atom. The zero-order valence-corrected chi connectivity index (χ0v) is 26.4. The Morgan fingerprint density at radius 3 is 2.35 bits per heavy atom. The van der Waals surface area contributed by atoms with E-state index in [0.717, 1.165) is 44.8 Å². The SMILES string of the molecule is COc1cc(C)c(S(=O)(=O)N2c3ccccc3C[C@H]2COc2ccnc(N3CCN(C4CCN(C)CC4)CC3)n2)c(C)c1. The van der Waals surface area contributed by atoms with Crippen molar-refractivity contribution in [3.8, 4) is 11.6 Å². The van der Waals surface area contributed by atoms with Crippen molar-refractivity contribution in [1.82, 2.24) is 19.8 Å². The average molecular weight is 607 g/mol. The van der Waals surface area contributed by atoms with Crippen LogP contribution in [0.25, 0.3) is 0 Å². The molecule has 1 atom stereocenters. The topological polar surface area (TPSA) is 91.3 Å². The number of likely N-dealkylation sites (tertiary alicyclic amines) is 1. The van der Waals surface area contributed by atoms with Crippen molar-refractivity contribution in [3.05, 3.63) is 65.4 Å². The van der Waals surface area contributed by atoms with Gasteiger partial charge in [-0.2, -0.15) is 4.98 Å². The second kappa shape index (κ2) is 12.3. The third-order valence-corrected chi connectivity index (χ3v) is 11.2. The van der Waals surface area contributed by atoms with Gasteiger partial charge in [-0.25, -0.2) is 13.4 Å². The van der Waals surface area contributed by atoms with Crippen LogP contribution in [0.15, 0.2) is 53.6 Å². The number of para-hydroxylation sites is 1. The summed E-state index contributed by atoms with van der Waals surface area (Å²) in [5, 5.41) is 0. The third kappa shape index (κ3) is 6.03. The molecule has 2 saturated heterocycles. The number of aromatic nitrogens is 2. The second-order valence-corrected chi connectivity index (χ2v) is 13.7. The highest BCUT2D eigenvalue weighted by Crippen LogP contribution is 2.39. The number of piperazine rings is 1. The van der Waals surface area contributed by atoms with E-state index in [-0.39, 0.29) is 6.61 Å². The van der Waals surface area contributed by atoms with E-state index in [1.807, 2.05) is 38.1 Å². The van der Waals surface area contributed by atoms with Crippen molar-refractivity contribution >= 4 is 21.7 Å². The van der Waals surface area contributed by atoms with Gasteiger partial charge in [0.2, 0.25) is 11.8 Å². The molecule has 0 radical (unpaired) electrons. The minimum atomic E-state index is -3.89. The fraction of sp³-hybridized carbons (Fsp3) is 0.500. The number of aryl methyl sites for hydroxylation is 2. The molecular formula is C32H42N6O4S. The van der Waals surface area contributed by atoms with Gasteiger partial charge in [0.25, 0.3) is 10.0 Å². The summed E-state index contributed by atoms with van der Waals surface area (Å²) in [6.07, 6.45) is 4.74. The summed E-state index contributed by atoms with van der Waals surface area (Å²) in [7, 11) is -0.101. The zero-order valence-electron chi connectivity index (χ0n) is 25.6.